The summed E-state index contributed by atoms with van der Waals surface area (Å²) in [5.41, 5.74) is 3.59. The highest BCUT2D eigenvalue weighted by Gasteiger charge is 2.15. The molecule has 1 aromatic heterocycles. The van der Waals surface area contributed by atoms with E-state index in [1.807, 2.05) is 6.20 Å². The topological polar surface area (TPSA) is 40.7 Å². The molecule has 3 nitrogen and oxygen atoms in total. The Morgan fingerprint density at radius 3 is 2.67 bits per heavy atom. The van der Waals surface area contributed by atoms with Gasteiger partial charge in [-0.2, -0.15) is 5.10 Å². The molecule has 0 saturated carbocycles. The van der Waals surface area contributed by atoms with Crippen LogP contribution in [0.25, 0.3) is 10.9 Å². The summed E-state index contributed by atoms with van der Waals surface area (Å²) in [5, 5.41) is 11.8. The number of aromatic nitrogens is 2. The molecule has 1 unspecified atom stereocenters. The van der Waals surface area contributed by atoms with Crippen LogP contribution in [0.2, 0.25) is 0 Å². The first-order chi connectivity index (χ1) is 10.2. The van der Waals surface area contributed by atoms with Gasteiger partial charge in [0.25, 0.3) is 0 Å². The van der Waals surface area contributed by atoms with Crippen LogP contribution in [0.5, 0.6) is 0 Å². The fourth-order valence-corrected chi connectivity index (χ4v) is 2.71. The van der Waals surface area contributed by atoms with Crippen molar-refractivity contribution in [1.82, 2.24) is 10.2 Å². The summed E-state index contributed by atoms with van der Waals surface area (Å²) in [4.78, 5) is 0. The van der Waals surface area contributed by atoms with Crippen LogP contribution < -0.4 is 5.32 Å². The number of hydrogen-bond acceptors (Lipinski definition) is 2. The standard InChI is InChI=1S/C18H21N3/c1-13(2)17(14-6-4-3-5-7-14)12-19-16-9-8-15-11-20-21-18(15)10-16/h3-11,13,17,19H,12H2,1-2H3,(H,20,21). The first-order valence-corrected chi connectivity index (χ1v) is 7.46. The second-order valence-corrected chi connectivity index (χ2v) is 5.81. The molecule has 2 N–H and O–H groups in total. The molecule has 0 amide bonds. The second kappa shape index (κ2) is 6.00. The van der Waals surface area contributed by atoms with Crippen molar-refractivity contribution >= 4 is 16.6 Å². The number of nitrogens with zero attached hydrogens (tertiary/aromatic N) is 1. The number of nitrogens with one attached hydrogen (secondary N) is 2. The van der Waals surface area contributed by atoms with E-state index in [0.29, 0.717) is 11.8 Å². The Kier molecular flexibility index (Phi) is 3.91. The van der Waals surface area contributed by atoms with Gasteiger partial charge in [-0.1, -0.05) is 44.2 Å². The van der Waals surface area contributed by atoms with Crippen molar-refractivity contribution in [2.24, 2.45) is 5.92 Å². The molecule has 0 saturated heterocycles. The Labute approximate surface area is 125 Å². The zero-order chi connectivity index (χ0) is 14.7. The summed E-state index contributed by atoms with van der Waals surface area (Å²) < 4.78 is 0. The maximum absolute atomic E-state index is 4.06. The number of anilines is 1. The van der Waals surface area contributed by atoms with Crippen LogP contribution in [-0.2, 0) is 0 Å². The highest BCUT2D eigenvalue weighted by atomic mass is 15.1. The van der Waals surface area contributed by atoms with Crippen molar-refractivity contribution in [3.63, 3.8) is 0 Å². The van der Waals surface area contributed by atoms with Gasteiger partial charge in [0.15, 0.2) is 0 Å². The molecule has 2 aromatic carbocycles. The van der Waals surface area contributed by atoms with E-state index < -0.39 is 0 Å². The fraction of sp³-hybridized carbons (Fsp3) is 0.278. The van der Waals surface area contributed by atoms with E-state index in [4.69, 9.17) is 0 Å². The van der Waals surface area contributed by atoms with Gasteiger partial charge in [-0.3, -0.25) is 5.10 Å². The summed E-state index contributed by atoms with van der Waals surface area (Å²) in [5.74, 6) is 1.10. The predicted molar refractivity (Wildman–Crippen MR) is 88.6 cm³/mol. The average molecular weight is 279 g/mol. The van der Waals surface area contributed by atoms with Gasteiger partial charge in [0.1, 0.15) is 0 Å². The van der Waals surface area contributed by atoms with E-state index in [-0.39, 0.29) is 0 Å². The lowest BCUT2D eigenvalue weighted by atomic mass is 9.88. The van der Waals surface area contributed by atoms with Gasteiger partial charge in [-0.05, 0) is 29.7 Å². The molecule has 0 bridgehead atoms. The Morgan fingerprint density at radius 1 is 1.10 bits per heavy atom. The first kappa shape index (κ1) is 13.7. The molecular formula is C18H21N3. The Hall–Kier alpha value is -2.29. The highest BCUT2D eigenvalue weighted by molar-refractivity contribution is 5.81. The van der Waals surface area contributed by atoms with Crippen LogP contribution in [-0.4, -0.2) is 16.7 Å². The van der Waals surface area contributed by atoms with Gasteiger partial charge in [0, 0.05) is 23.5 Å². The van der Waals surface area contributed by atoms with E-state index >= 15 is 0 Å². The van der Waals surface area contributed by atoms with E-state index in [9.17, 15) is 0 Å². The lowest BCUT2D eigenvalue weighted by Gasteiger charge is -2.22. The van der Waals surface area contributed by atoms with Gasteiger partial charge >= 0.3 is 0 Å². The predicted octanol–water partition coefficient (Wildman–Crippen LogP) is 4.41. The second-order valence-electron chi connectivity index (χ2n) is 5.81. The maximum atomic E-state index is 4.06. The van der Waals surface area contributed by atoms with Crippen molar-refractivity contribution < 1.29 is 0 Å². The molecule has 108 valence electrons. The minimum atomic E-state index is 0.503. The fourth-order valence-electron chi connectivity index (χ4n) is 2.71. The number of fused-ring (bicyclic) bond motifs is 1. The molecule has 1 heterocycles. The smallest absolute Gasteiger partial charge is 0.0670 e. The van der Waals surface area contributed by atoms with Crippen molar-refractivity contribution in [2.45, 2.75) is 19.8 Å². The van der Waals surface area contributed by atoms with Crippen molar-refractivity contribution in [2.75, 3.05) is 11.9 Å². The number of rotatable bonds is 5. The van der Waals surface area contributed by atoms with Gasteiger partial charge in [-0.25, -0.2) is 0 Å². The van der Waals surface area contributed by atoms with Crippen LogP contribution in [0.3, 0.4) is 0 Å². The van der Waals surface area contributed by atoms with E-state index in [2.05, 4.69) is 77.9 Å². The molecule has 0 radical (unpaired) electrons. The molecule has 3 rings (SSSR count). The molecule has 1 atom stereocenters. The summed E-state index contributed by atoms with van der Waals surface area (Å²) in [7, 11) is 0. The van der Waals surface area contributed by atoms with Gasteiger partial charge in [-0.15, -0.1) is 0 Å². The van der Waals surface area contributed by atoms with Crippen molar-refractivity contribution in [3.05, 3.63) is 60.3 Å². The van der Waals surface area contributed by atoms with Gasteiger partial charge in [0.2, 0.25) is 0 Å². The van der Waals surface area contributed by atoms with E-state index in [1.165, 1.54) is 5.56 Å². The van der Waals surface area contributed by atoms with Gasteiger partial charge < -0.3 is 5.32 Å². The van der Waals surface area contributed by atoms with Crippen LogP contribution >= 0.6 is 0 Å². The number of aromatic amines is 1. The minimum Gasteiger partial charge on any atom is -0.384 e. The molecular weight excluding hydrogens is 258 g/mol. The summed E-state index contributed by atoms with van der Waals surface area (Å²) in [6, 6.07) is 17.0. The summed E-state index contributed by atoms with van der Waals surface area (Å²) in [6.45, 7) is 5.48. The van der Waals surface area contributed by atoms with E-state index in [0.717, 1.165) is 23.1 Å². The lowest BCUT2D eigenvalue weighted by molar-refractivity contribution is 0.517. The monoisotopic (exact) mass is 279 g/mol. The van der Waals surface area contributed by atoms with Crippen LogP contribution in [0.15, 0.2) is 54.7 Å². The van der Waals surface area contributed by atoms with Crippen molar-refractivity contribution in [3.8, 4) is 0 Å². The number of benzene rings is 2. The Balaban J connectivity index is 1.74. The summed E-state index contributed by atoms with van der Waals surface area (Å²) >= 11 is 0. The molecule has 3 heteroatoms. The Bertz CT molecular complexity index is 701. The van der Waals surface area contributed by atoms with E-state index in [1.54, 1.807) is 0 Å². The maximum Gasteiger partial charge on any atom is 0.0670 e. The third kappa shape index (κ3) is 3.07. The van der Waals surface area contributed by atoms with Crippen LogP contribution in [0, 0.1) is 5.92 Å². The lowest BCUT2D eigenvalue weighted by Crippen LogP contribution is -2.17. The third-order valence-corrected chi connectivity index (χ3v) is 4.00. The Morgan fingerprint density at radius 2 is 1.90 bits per heavy atom. The molecule has 0 aliphatic heterocycles. The molecule has 0 spiro atoms. The van der Waals surface area contributed by atoms with Crippen LogP contribution in [0.1, 0.15) is 25.3 Å². The zero-order valence-electron chi connectivity index (χ0n) is 12.5. The minimum absolute atomic E-state index is 0.503. The SMILES string of the molecule is CC(C)C(CNc1ccc2cn[nH]c2c1)c1ccccc1. The highest BCUT2D eigenvalue weighted by Crippen LogP contribution is 2.25. The molecule has 0 fully saturated rings. The zero-order valence-corrected chi connectivity index (χ0v) is 12.5. The number of H-pyrrole nitrogens is 1. The summed E-state index contributed by atoms with van der Waals surface area (Å²) in [6.07, 6.45) is 1.85. The normalized spacial score (nSPS) is 12.7. The third-order valence-electron chi connectivity index (χ3n) is 4.00. The molecule has 0 aliphatic rings. The molecule has 0 aliphatic carbocycles. The quantitative estimate of drug-likeness (QED) is 0.726. The number of hydrogen-bond donors (Lipinski definition) is 2. The van der Waals surface area contributed by atoms with Gasteiger partial charge in [0.05, 0.1) is 11.7 Å². The molecule has 3 aromatic rings. The van der Waals surface area contributed by atoms with Crippen LogP contribution in [0.4, 0.5) is 5.69 Å². The first-order valence-electron chi connectivity index (χ1n) is 7.46. The van der Waals surface area contributed by atoms with Crippen molar-refractivity contribution in [1.29, 1.82) is 0 Å². The molecule has 21 heavy (non-hydrogen) atoms. The average Bonchev–Trinajstić information content (AvgIpc) is 2.96. The largest absolute Gasteiger partial charge is 0.384 e.